The lowest BCUT2D eigenvalue weighted by Gasteiger charge is -2.26. The molecule has 138 valence electrons. The molecule has 1 atom stereocenters. The van der Waals surface area contributed by atoms with Gasteiger partial charge in [0.2, 0.25) is 0 Å². The fourth-order valence-electron chi connectivity index (χ4n) is 3.11. The molecule has 0 radical (unpaired) electrons. The predicted octanol–water partition coefficient (Wildman–Crippen LogP) is 2.02. The number of nitrogens with one attached hydrogen (secondary N) is 2. The maximum Gasteiger partial charge on any atom is 0.274 e. The van der Waals surface area contributed by atoms with Gasteiger partial charge in [0.05, 0.1) is 6.04 Å². The van der Waals surface area contributed by atoms with E-state index in [1.54, 1.807) is 11.1 Å². The van der Waals surface area contributed by atoms with E-state index in [4.69, 9.17) is 0 Å². The van der Waals surface area contributed by atoms with Gasteiger partial charge >= 0.3 is 0 Å². The van der Waals surface area contributed by atoms with Crippen LogP contribution in [0.25, 0.3) is 0 Å². The highest BCUT2D eigenvalue weighted by Crippen LogP contribution is 2.16. The third-order valence-corrected chi connectivity index (χ3v) is 4.53. The molecule has 0 aliphatic carbocycles. The molecule has 2 aromatic heterocycles. The number of H-pyrrole nitrogens is 1. The molecule has 8 heteroatoms. The molecule has 2 N–H and O–H groups in total. The maximum absolute atomic E-state index is 12.8. The van der Waals surface area contributed by atoms with Crippen molar-refractivity contribution in [3.8, 4) is 0 Å². The van der Waals surface area contributed by atoms with Gasteiger partial charge in [0.1, 0.15) is 5.82 Å². The zero-order valence-corrected chi connectivity index (χ0v) is 15.2. The normalized spacial score (nSPS) is 15.5. The van der Waals surface area contributed by atoms with E-state index >= 15 is 0 Å². The lowest BCUT2D eigenvalue weighted by atomic mass is 10.1. The van der Waals surface area contributed by atoms with Crippen molar-refractivity contribution in [2.24, 2.45) is 0 Å². The average Bonchev–Trinajstić information content (AvgIpc) is 3.12. The summed E-state index contributed by atoms with van der Waals surface area (Å²) in [6.07, 6.45) is 8.33. The van der Waals surface area contributed by atoms with Gasteiger partial charge < -0.3 is 15.2 Å². The van der Waals surface area contributed by atoms with Gasteiger partial charge in [-0.15, -0.1) is 0 Å². The summed E-state index contributed by atoms with van der Waals surface area (Å²) >= 11 is 0. The van der Waals surface area contributed by atoms with Crippen molar-refractivity contribution in [2.75, 3.05) is 13.1 Å². The van der Waals surface area contributed by atoms with Gasteiger partial charge in [0.25, 0.3) is 11.8 Å². The zero-order valence-electron chi connectivity index (χ0n) is 15.2. The van der Waals surface area contributed by atoms with Crippen LogP contribution < -0.4 is 5.32 Å². The molecule has 0 bridgehead atoms. The van der Waals surface area contributed by atoms with E-state index in [2.05, 4.69) is 25.3 Å². The molecule has 1 aliphatic rings. The first kappa shape index (κ1) is 18.0. The van der Waals surface area contributed by atoms with Crippen molar-refractivity contribution < 1.29 is 9.59 Å². The van der Waals surface area contributed by atoms with Crippen molar-refractivity contribution in [1.29, 1.82) is 0 Å². The molecule has 3 heterocycles. The Morgan fingerprint density at radius 3 is 2.46 bits per heavy atom. The third-order valence-electron chi connectivity index (χ3n) is 4.53. The summed E-state index contributed by atoms with van der Waals surface area (Å²) in [4.78, 5) is 43.0. The number of amides is 2. The van der Waals surface area contributed by atoms with Crippen molar-refractivity contribution in [3.05, 3.63) is 41.5 Å². The number of piperidine rings is 1. The van der Waals surface area contributed by atoms with Gasteiger partial charge in [-0.2, -0.15) is 0 Å². The number of imidazole rings is 1. The van der Waals surface area contributed by atoms with Crippen LogP contribution in [0.2, 0.25) is 0 Å². The summed E-state index contributed by atoms with van der Waals surface area (Å²) in [5, 5.41) is 2.90. The van der Waals surface area contributed by atoms with Gasteiger partial charge in [-0.25, -0.2) is 15.0 Å². The number of rotatable bonds is 5. The van der Waals surface area contributed by atoms with Crippen molar-refractivity contribution in [1.82, 2.24) is 30.2 Å². The van der Waals surface area contributed by atoms with Crippen molar-refractivity contribution in [3.63, 3.8) is 0 Å². The number of aromatic amines is 1. The van der Waals surface area contributed by atoms with Crippen molar-refractivity contribution in [2.45, 2.75) is 45.6 Å². The molecule has 1 aliphatic heterocycles. The van der Waals surface area contributed by atoms with E-state index in [0.717, 1.165) is 25.0 Å². The van der Waals surface area contributed by atoms with Gasteiger partial charge in [-0.3, -0.25) is 9.59 Å². The van der Waals surface area contributed by atoms with E-state index in [1.165, 1.54) is 12.4 Å². The van der Waals surface area contributed by atoms with Crippen LogP contribution in [-0.4, -0.2) is 49.7 Å². The molecule has 2 amide bonds. The molecule has 8 nitrogen and oxygen atoms in total. The second-order valence-electron chi connectivity index (χ2n) is 6.49. The highest BCUT2D eigenvalue weighted by Gasteiger charge is 2.27. The summed E-state index contributed by atoms with van der Waals surface area (Å²) in [6.45, 7) is 5.25. The smallest absolute Gasteiger partial charge is 0.274 e. The Balaban J connectivity index is 1.79. The number of aryl methyl sites for hydroxylation is 1. The fraction of sp³-hybridized carbons (Fsp3) is 0.500. The minimum Gasteiger partial charge on any atom is -0.344 e. The predicted molar refractivity (Wildman–Crippen MR) is 95.6 cm³/mol. The second-order valence-corrected chi connectivity index (χ2v) is 6.49. The molecule has 1 fully saturated rings. The Morgan fingerprint density at radius 2 is 1.85 bits per heavy atom. The molecule has 0 saturated carbocycles. The highest BCUT2D eigenvalue weighted by atomic mass is 16.2. The minimum absolute atomic E-state index is 0.0600. The Kier molecular flexibility index (Phi) is 5.60. The lowest BCUT2D eigenvalue weighted by molar-refractivity contribution is 0.0710. The Bertz CT molecular complexity index is 781. The van der Waals surface area contributed by atoms with Gasteiger partial charge in [-0.1, -0.05) is 6.92 Å². The molecule has 2 aromatic rings. The average molecular weight is 356 g/mol. The van der Waals surface area contributed by atoms with Crippen LogP contribution in [-0.2, 0) is 0 Å². The topological polar surface area (TPSA) is 104 Å². The Labute approximate surface area is 152 Å². The molecule has 3 rings (SSSR count). The largest absolute Gasteiger partial charge is 0.344 e. The first-order chi connectivity index (χ1) is 12.6. The van der Waals surface area contributed by atoms with E-state index in [9.17, 15) is 9.59 Å². The first-order valence-electron chi connectivity index (χ1n) is 9.02. The van der Waals surface area contributed by atoms with Gasteiger partial charge in [0, 0.05) is 37.4 Å². The summed E-state index contributed by atoms with van der Waals surface area (Å²) in [6, 6.07) is -0.281. The summed E-state index contributed by atoms with van der Waals surface area (Å²) in [5.41, 5.74) is 1.09. The van der Waals surface area contributed by atoms with E-state index in [1.807, 2.05) is 13.8 Å². The third kappa shape index (κ3) is 3.89. The van der Waals surface area contributed by atoms with Crippen LogP contribution in [0.3, 0.4) is 0 Å². The van der Waals surface area contributed by atoms with E-state index in [0.29, 0.717) is 25.3 Å². The number of hydrogen-bond donors (Lipinski definition) is 2. The number of carbonyl (C=O) groups excluding carboxylic acids is 2. The Hall–Kier alpha value is -2.77. The fourth-order valence-corrected chi connectivity index (χ4v) is 3.11. The lowest BCUT2D eigenvalue weighted by Crippen LogP contribution is -2.38. The summed E-state index contributed by atoms with van der Waals surface area (Å²) in [5.74, 6) is 0.0374. The second kappa shape index (κ2) is 8.07. The van der Waals surface area contributed by atoms with E-state index in [-0.39, 0.29) is 23.3 Å². The first-order valence-corrected chi connectivity index (χ1v) is 9.02. The molecule has 0 aromatic carbocycles. The number of carbonyl (C=O) groups is 2. The molecule has 1 saturated heterocycles. The van der Waals surface area contributed by atoms with Crippen LogP contribution >= 0.6 is 0 Å². The van der Waals surface area contributed by atoms with Crippen LogP contribution in [0, 0.1) is 6.92 Å². The highest BCUT2D eigenvalue weighted by molar-refractivity contribution is 6.04. The molecular weight excluding hydrogens is 332 g/mol. The summed E-state index contributed by atoms with van der Waals surface area (Å²) < 4.78 is 0. The number of aromatic nitrogens is 4. The van der Waals surface area contributed by atoms with Crippen LogP contribution in [0.5, 0.6) is 0 Å². The Morgan fingerprint density at radius 1 is 1.15 bits per heavy atom. The van der Waals surface area contributed by atoms with Crippen LogP contribution in [0.15, 0.2) is 18.6 Å². The monoisotopic (exact) mass is 356 g/mol. The van der Waals surface area contributed by atoms with Crippen LogP contribution in [0.1, 0.15) is 71.1 Å². The number of hydrogen-bond acceptors (Lipinski definition) is 5. The SMILES string of the molecule is CCC(NC(=O)c1nccnc1C(=O)N1CCCCC1)c1ncc(C)[nH]1. The maximum atomic E-state index is 12.8. The number of likely N-dealkylation sites (tertiary alicyclic amines) is 1. The van der Waals surface area contributed by atoms with Crippen LogP contribution in [0.4, 0.5) is 0 Å². The quantitative estimate of drug-likeness (QED) is 0.853. The van der Waals surface area contributed by atoms with Gasteiger partial charge in [-0.05, 0) is 32.6 Å². The van der Waals surface area contributed by atoms with E-state index < -0.39 is 5.91 Å². The van der Waals surface area contributed by atoms with Gasteiger partial charge in [0.15, 0.2) is 11.4 Å². The summed E-state index contributed by atoms with van der Waals surface area (Å²) in [7, 11) is 0. The molecular formula is C18H24N6O2. The minimum atomic E-state index is -0.417. The standard InChI is InChI=1S/C18H24N6O2/c1-3-13(16-21-11-12(2)22-16)23-17(25)14-15(20-8-7-19-14)18(26)24-9-5-4-6-10-24/h7-8,11,13H,3-6,9-10H2,1-2H3,(H,21,22)(H,23,25). The zero-order chi connectivity index (χ0) is 18.5. The molecule has 1 unspecified atom stereocenters. The molecule has 26 heavy (non-hydrogen) atoms. The number of nitrogens with zero attached hydrogens (tertiary/aromatic N) is 4. The molecule has 0 spiro atoms. The van der Waals surface area contributed by atoms with Crippen molar-refractivity contribution >= 4 is 11.8 Å².